The zero-order valence-electron chi connectivity index (χ0n) is 14.5. The average molecular weight is 319 g/mol. The van der Waals surface area contributed by atoms with Gasteiger partial charge in [-0.15, -0.1) is 0 Å². The number of aromatic nitrogens is 2. The minimum atomic E-state index is 0.152. The molecule has 1 aliphatic carbocycles. The maximum atomic E-state index is 12.5. The van der Waals surface area contributed by atoms with Gasteiger partial charge in [0, 0.05) is 12.2 Å². The highest BCUT2D eigenvalue weighted by molar-refractivity contribution is 5.78. The normalized spacial score (nSPS) is 22.7. The Balaban J connectivity index is 1.53. The van der Waals surface area contributed by atoms with Crippen LogP contribution in [-0.4, -0.2) is 45.9 Å². The van der Waals surface area contributed by atoms with Crippen molar-refractivity contribution in [1.82, 2.24) is 14.7 Å². The number of rotatable bonds is 5. The Morgan fingerprint density at radius 2 is 2.00 bits per heavy atom. The molecule has 1 aliphatic heterocycles. The number of amides is 1. The van der Waals surface area contributed by atoms with Crippen molar-refractivity contribution in [3.8, 4) is 0 Å². The van der Waals surface area contributed by atoms with E-state index in [1.54, 1.807) is 0 Å². The maximum absolute atomic E-state index is 12.5. The largest absolute Gasteiger partial charge is 0.368 e. The van der Waals surface area contributed by atoms with E-state index >= 15 is 0 Å². The van der Waals surface area contributed by atoms with E-state index < -0.39 is 0 Å². The molecule has 3 rings (SSSR count). The first kappa shape index (κ1) is 16.5. The lowest BCUT2D eigenvalue weighted by atomic mass is 9.98. The highest BCUT2D eigenvalue weighted by Crippen LogP contribution is 2.22. The van der Waals surface area contributed by atoms with Gasteiger partial charge in [0.1, 0.15) is 6.61 Å². The highest BCUT2D eigenvalue weighted by atomic mass is 16.5. The van der Waals surface area contributed by atoms with Crippen LogP contribution >= 0.6 is 0 Å². The molecule has 0 spiro atoms. The predicted octanol–water partition coefficient (Wildman–Crippen LogP) is 2.84. The third kappa shape index (κ3) is 4.14. The highest BCUT2D eigenvalue weighted by Gasteiger charge is 2.30. The summed E-state index contributed by atoms with van der Waals surface area (Å²) >= 11 is 0. The standard InChI is InChI=1S/C18H29N3O2/c1-14-11-15(2)21(19-14)12-16-7-6-10-20(16)18(22)13-23-17-8-4-3-5-9-17/h11,16-17H,3-10,12-13H2,1-2H3/t16-/m1/s1. The number of hydrogen-bond donors (Lipinski definition) is 0. The van der Waals surface area contributed by atoms with Crippen molar-refractivity contribution in [2.45, 2.75) is 77.5 Å². The Bertz CT molecular complexity index is 534. The number of carbonyl (C=O) groups is 1. The first-order chi connectivity index (χ1) is 11.1. The molecule has 128 valence electrons. The topological polar surface area (TPSA) is 47.4 Å². The molecule has 1 atom stereocenters. The number of ether oxygens (including phenoxy) is 1. The Hall–Kier alpha value is -1.36. The van der Waals surface area contributed by atoms with E-state index in [9.17, 15) is 4.79 Å². The molecule has 0 radical (unpaired) electrons. The SMILES string of the molecule is Cc1cc(C)n(C[C@H]2CCCN2C(=O)COC2CCCCC2)n1. The lowest BCUT2D eigenvalue weighted by molar-refractivity contribution is -0.139. The molecular weight excluding hydrogens is 290 g/mol. The number of hydrogen-bond acceptors (Lipinski definition) is 3. The van der Waals surface area contributed by atoms with E-state index in [4.69, 9.17) is 4.74 Å². The van der Waals surface area contributed by atoms with Gasteiger partial charge in [-0.1, -0.05) is 19.3 Å². The average Bonchev–Trinajstić information content (AvgIpc) is 3.13. The van der Waals surface area contributed by atoms with Crippen molar-refractivity contribution >= 4 is 5.91 Å². The summed E-state index contributed by atoms with van der Waals surface area (Å²) in [4.78, 5) is 14.6. The Kier molecular flexibility index (Phi) is 5.36. The van der Waals surface area contributed by atoms with Crippen molar-refractivity contribution in [2.24, 2.45) is 0 Å². The predicted molar refractivity (Wildman–Crippen MR) is 89.3 cm³/mol. The summed E-state index contributed by atoms with van der Waals surface area (Å²) in [6.07, 6.45) is 8.46. The van der Waals surface area contributed by atoms with Crippen molar-refractivity contribution in [1.29, 1.82) is 0 Å². The molecule has 23 heavy (non-hydrogen) atoms. The molecule has 2 heterocycles. The number of carbonyl (C=O) groups excluding carboxylic acids is 1. The van der Waals surface area contributed by atoms with Gasteiger partial charge in [0.25, 0.3) is 0 Å². The minimum Gasteiger partial charge on any atom is -0.368 e. The Morgan fingerprint density at radius 1 is 1.22 bits per heavy atom. The van der Waals surface area contributed by atoms with E-state index in [2.05, 4.69) is 18.1 Å². The minimum absolute atomic E-state index is 0.152. The third-order valence-corrected chi connectivity index (χ3v) is 5.18. The molecule has 1 aromatic rings. The fourth-order valence-electron chi connectivity index (χ4n) is 3.92. The van der Waals surface area contributed by atoms with Gasteiger partial charge < -0.3 is 9.64 Å². The molecule has 0 bridgehead atoms. The van der Waals surface area contributed by atoms with Gasteiger partial charge >= 0.3 is 0 Å². The second-order valence-electron chi connectivity index (χ2n) is 7.06. The van der Waals surface area contributed by atoms with E-state index in [1.165, 1.54) is 25.0 Å². The maximum Gasteiger partial charge on any atom is 0.248 e. The molecule has 0 unspecified atom stereocenters. The summed E-state index contributed by atoms with van der Waals surface area (Å²) < 4.78 is 7.91. The zero-order valence-corrected chi connectivity index (χ0v) is 14.5. The molecule has 0 aromatic carbocycles. The summed E-state index contributed by atoms with van der Waals surface area (Å²) in [7, 11) is 0. The number of likely N-dealkylation sites (tertiary alicyclic amines) is 1. The van der Waals surface area contributed by atoms with Crippen molar-refractivity contribution in [3.05, 3.63) is 17.5 Å². The quantitative estimate of drug-likeness (QED) is 0.838. The van der Waals surface area contributed by atoms with Crippen molar-refractivity contribution in [2.75, 3.05) is 13.2 Å². The summed E-state index contributed by atoms with van der Waals surface area (Å²) in [5.41, 5.74) is 2.21. The van der Waals surface area contributed by atoms with Gasteiger partial charge in [0.05, 0.1) is 24.4 Å². The molecule has 5 heteroatoms. The van der Waals surface area contributed by atoms with Crippen LogP contribution in [-0.2, 0) is 16.1 Å². The summed E-state index contributed by atoms with van der Waals surface area (Å²) in [5, 5.41) is 4.53. The number of nitrogens with zero attached hydrogens (tertiary/aromatic N) is 3. The van der Waals surface area contributed by atoms with Crippen LogP contribution in [0.4, 0.5) is 0 Å². The lowest BCUT2D eigenvalue weighted by Crippen LogP contribution is -2.41. The lowest BCUT2D eigenvalue weighted by Gasteiger charge is -2.27. The summed E-state index contributed by atoms with van der Waals surface area (Å²) in [5.74, 6) is 0.152. The summed E-state index contributed by atoms with van der Waals surface area (Å²) in [6, 6.07) is 2.35. The fraction of sp³-hybridized carbons (Fsp3) is 0.778. The van der Waals surface area contributed by atoms with Gasteiger partial charge in [-0.3, -0.25) is 9.48 Å². The molecule has 0 N–H and O–H groups in total. The second kappa shape index (κ2) is 7.47. The van der Waals surface area contributed by atoms with Gasteiger partial charge in [0.2, 0.25) is 5.91 Å². The van der Waals surface area contributed by atoms with E-state index in [0.29, 0.717) is 6.10 Å². The van der Waals surface area contributed by atoms with Gasteiger partial charge in [-0.2, -0.15) is 5.10 Å². The zero-order chi connectivity index (χ0) is 16.2. The Morgan fingerprint density at radius 3 is 2.70 bits per heavy atom. The van der Waals surface area contributed by atoms with E-state index in [0.717, 1.165) is 44.5 Å². The van der Waals surface area contributed by atoms with E-state index in [1.807, 2.05) is 16.5 Å². The van der Waals surface area contributed by atoms with Crippen molar-refractivity contribution < 1.29 is 9.53 Å². The fourth-order valence-corrected chi connectivity index (χ4v) is 3.92. The van der Waals surface area contributed by atoms with Crippen LogP contribution in [0.3, 0.4) is 0 Å². The summed E-state index contributed by atoms with van der Waals surface area (Å²) in [6.45, 7) is 6.00. The van der Waals surface area contributed by atoms with E-state index in [-0.39, 0.29) is 18.6 Å². The molecular formula is C18H29N3O2. The molecule has 5 nitrogen and oxygen atoms in total. The Labute approximate surface area is 139 Å². The monoisotopic (exact) mass is 319 g/mol. The van der Waals surface area contributed by atoms with Crippen LogP contribution < -0.4 is 0 Å². The van der Waals surface area contributed by atoms with Crippen LogP contribution in [0.1, 0.15) is 56.3 Å². The molecule has 1 saturated carbocycles. The van der Waals surface area contributed by atoms with Crippen LogP contribution in [0.5, 0.6) is 0 Å². The first-order valence-corrected chi connectivity index (χ1v) is 9.05. The van der Waals surface area contributed by atoms with Crippen LogP contribution in [0.25, 0.3) is 0 Å². The van der Waals surface area contributed by atoms with Crippen LogP contribution in [0, 0.1) is 13.8 Å². The molecule has 1 amide bonds. The third-order valence-electron chi connectivity index (χ3n) is 5.18. The van der Waals surface area contributed by atoms with Crippen LogP contribution in [0.2, 0.25) is 0 Å². The molecule has 1 saturated heterocycles. The molecule has 1 aromatic heterocycles. The van der Waals surface area contributed by atoms with Gasteiger partial charge in [-0.25, -0.2) is 0 Å². The number of aryl methyl sites for hydroxylation is 2. The van der Waals surface area contributed by atoms with Gasteiger partial charge in [-0.05, 0) is 45.6 Å². The van der Waals surface area contributed by atoms with Crippen molar-refractivity contribution in [3.63, 3.8) is 0 Å². The molecule has 2 fully saturated rings. The van der Waals surface area contributed by atoms with Gasteiger partial charge in [0.15, 0.2) is 0 Å². The van der Waals surface area contributed by atoms with Crippen LogP contribution in [0.15, 0.2) is 6.07 Å². The second-order valence-corrected chi connectivity index (χ2v) is 7.06. The first-order valence-electron chi connectivity index (χ1n) is 9.05. The smallest absolute Gasteiger partial charge is 0.248 e. The molecule has 2 aliphatic rings.